The third-order valence-electron chi connectivity index (χ3n) is 26.8. The van der Waals surface area contributed by atoms with Gasteiger partial charge in [-0.05, 0) is 171 Å². The molecule has 1 aliphatic heterocycles. The first kappa shape index (κ1) is 96.0. The highest BCUT2D eigenvalue weighted by Gasteiger charge is 2.30. The molecule has 27 nitrogen and oxygen atoms in total. The number of fused-ring (bicyclic) bond motifs is 5. The molecule has 0 atom stereocenters. The summed E-state index contributed by atoms with van der Waals surface area (Å²) in [5, 5.41) is 69.2. The predicted octanol–water partition coefficient (Wildman–Crippen LogP) is 22.3. The van der Waals surface area contributed by atoms with Crippen LogP contribution in [0.5, 0.6) is 28.7 Å². The Labute approximate surface area is 835 Å². The van der Waals surface area contributed by atoms with E-state index in [0.29, 0.717) is 132 Å². The molecule has 23 rings (SSSR count). The summed E-state index contributed by atoms with van der Waals surface area (Å²) in [5.41, 5.74) is 22.5. The zero-order valence-electron chi connectivity index (χ0n) is 78.9. The van der Waals surface area contributed by atoms with E-state index in [2.05, 4.69) is 55.3 Å². The first-order chi connectivity index (χ1) is 69.5. The highest BCUT2D eigenvalue weighted by atomic mass is 35.5. The van der Waals surface area contributed by atoms with Crippen molar-refractivity contribution in [1.29, 1.82) is 0 Å². The zero-order chi connectivity index (χ0) is 99.2. The van der Waals surface area contributed by atoms with Crippen molar-refractivity contribution in [3.63, 3.8) is 0 Å². The van der Waals surface area contributed by atoms with E-state index in [1.165, 1.54) is 90.8 Å². The molecule has 11 heterocycles. The van der Waals surface area contributed by atoms with Gasteiger partial charge in [-0.15, -0.1) is 0 Å². The van der Waals surface area contributed by atoms with Crippen LogP contribution in [-0.2, 0) is 24.1 Å². The van der Waals surface area contributed by atoms with Gasteiger partial charge in [-0.25, -0.2) is 47.5 Å². The number of phenolic OH excluding ortho intramolecular Hbond substituents is 5. The second-order valence-corrected chi connectivity index (χ2v) is 37.7. The monoisotopic (exact) mass is 1960 g/mol. The van der Waals surface area contributed by atoms with Crippen molar-refractivity contribution in [2.45, 2.75) is 123 Å². The number of aryl methyl sites for hydroxylation is 4. The molecule has 0 radical (unpaired) electrons. The minimum absolute atomic E-state index is 0.0374. The van der Waals surface area contributed by atoms with Crippen LogP contribution in [0.3, 0.4) is 0 Å². The van der Waals surface area contributed by atoms with Gasteiger partial charge in [0, 0.05) is 157 Å². The minimum Gasteiger partial charge on any atom is -0.507 e. The molecule has 10 N–H and O–H groups in total. The summed E-state index contributed by atoms with van der Waals surface area (Å²) < 4.78 is 12.9. The molecule has 10 aromatic heterocycles. The largest absolute Gasteiger partial charge is 0.507 e. The van der Waals surface area contributed by atoms with Gasteiger partial charge in [0.05, 0.1) is 46.7 Å². The number of phenols is 5. The van der Waals surface area contributed by atoms with Crippen LogP contribution in [0.15, 0.2) is 298 Å². The maximum Gasteiger partial charge on any atom is 0.280 e. The van der Waals surface area contributed by atoms with Crippen molar-refractivity contribution in [3.05, 3.63) is 402 Å². The zero-order valence-corrected chi connectivity index (χ0v) is 81.2. The van der Waals surface area contributed by atoms with Crippen LogP contribution in [0, 0.1) is 27.7 Å². The van der Waals surface area contributed by atoms with E-state index in [1.54, 1.807) is 109 Å². The van der Waals surface area contributed by atoms with E-state index < -0.39 is 0 Å². The molecule has 0 amide bonds. The molecule has 1 saturated heterocycles. The third kappa shape index (κ3) is 20.2. The van der Waals surface area contributed by atoms with Crippen LogP contribution in [0.1, 0.15) is 138 Å². The summed E-state index contributed by atoms with van der Waals surface area (Å²) in [6.45, 7) is 11.5. The average Bonchev–Trinajstić information content (AvgIpc) is 1.69. The van der Waals surface area contributed by atoms with Crippen molar-refractivity contribution in [2.75, 3.05) is 26.3 Å². The second-order valence-electron chi connectivity index (χ2n) is 36.4. The maximum atomic E-state index is 13.4. The number of aromatic amines is 5. The van der Waals surface area contributed by atoms with Gasteiger partial charge in [0.1, 0.15) is 28.7 Å². The van der Waals surface area contributed by atoms with Gasteiger partial charge in [0.15, 0.2) is 28.2 Å². The van der Waals surface area contributed by atoms with E-state index in [9.17, 15) is 49.5 Å². The number of H-pyrrole nitrogens is 5. The smallest absolute Gasteiger partial charge is 0.280 e. The number of hydrogen-bond donors (Lipinski definition) is 10. The number of rotatable bonds is 16. The van der Waals surface area contributed by atoms with Crippen LogP contribution >= 0.6 is 34.8 Å². The van der Waals surface area contributed by atoms with Gasteiger partial charge in [-0.3, -0.25) is 54.4 Å². The fourth-order valence-corrected chi connectivity index (χ4v) is 20.1. The molecule has 20 aromatic rings. The summed E-state index contributed by atoms with van der Waals surface area (Å²) in [6.07, 6.45) is 21.1. The predicted molar refractivity (Wildman–Crippen MR) is 561 cm³/mol. The van der Waals surface area contributed by atoms with Crippen LogP contribution in [0.2, 0.25) is 15.1 Å². The van der Waals surface area contributed by atoms with E-state index in [4.69, 9.17) is 39.5 Å². The Morgan fingerprint density at radius 1 is 0.315 bits per heavy atom. The van der Waals surface area contributed by atoms with Crippen LogP contribution in [-0.4, -0.2) is 130 Å². The van der Waals surface area contributed by atoms with Gasteiger partial charge in [0.2, 0.25) is 0 Å². The van der Waals surface area contributed by atoms with Crippen LogP contribution < -0.4 is 27.8 Å². The summed E-state index contributed by atoms with van der Waals surface area (Å²) in [7, 11) is 0. The number of aromatic hydroxyl groups is 5. The van der Waals surface area contributed by atoms with Crippen LogP contribution in [0.4, 0.5) is 0 Å². The Bertz CT molecular complexity index is 8420. The van der Waals surface area contributed by atoms with Crippen molar-refractivity contribution in [2.24, 2.45) is 0 Å². The molecule has 3 fully saturated rings. The summed E-state index contributed by atoms with van der Waals surface area (Å²) in [5.74, 6) is 1.28. The first-order valence-electron chi connectivity index (χ1n) is 47.7. The minimum atomic E-state index is -0.277. The van der Waals surface area contributed by atoms with Gasteiger partial charge in [0.25, 0.3) is 27.8 Å². The molecule has 3 aliphatic rings. The van der Waals surface area contributed by atoms with Crippen molar-refractivity contribution < 1.29 is 30.3 Å². The molecule has 0 spiro atoms. The van der Waals surface area contributed by atoms with E-state index in [1.807, 2.05) is 173 Å². The Kier molecular flexibility index (Phi) is 28.4. The molecule has 722 valence electrons. The number of ether oxygens (including phenoxy) is 1. The Morgan fingerprint density at radius 2 is 0.601 bits per heavy atom. The lowest BCUT2D eigenvalue weighted by atomic mass is 9.84. The number of nitrogens with one attached hydrogen (secondary N) is 5. The molecule has 2 aliphatic carbocycles. The Morgan fingerprint density at radius 3 is 0.923 bits per heavy atom. The number of aromatic nitrogens is 15. The summed E-state index contributed by atoms with van der Waals surface area (Å²) >= 11 is 18.3. The number of morpholine rings is 1. The normalized spacial score (nSPS) is 13.6. The first-order valence-corrected chi connectivity index (χ1v) is 48.8. The average molecular weight is 1970 g/mol. The lowest BCUT2D eigenvalue weighted by molar-refractivity contribution is 0.0337. The van der Waals surface area contributed by atoms with E-state index in [-0.39, 0.29) is 56.5 Å². The standard InChI is InChI=1S/C26H20ClN3O2.C25H18ClN3O2.C23H21ClN4O3.C20H23N3O2.C19H21N3O2/c1-16-7-12-20(23(31)13-16)21-15-28-25-24(18-8-10-19(27)11-9-18)22(29-30(25)26(21)32)14-17-5-3-2-4-6-17;26-18-12-10-17(11-13-18)23-21(14-16-6-2-1-3-7-16)28-29-24(23)27-15-20(25(29)31)19-8-4-5-9-22(19)30;24-16-7-5-15(6-8-16)21-19(14-27-9-11-31-12-10-27)26-28-22(21)25-13-18(23(28)30)17-3-1-2-4-20(17)29;1-12-8-9-15(17(24)10-12)16-11-21-19-18(14-6-4-3-5-7-14)13(2)22-23(19)20(16)25;1-12-17(13-7-3-2-4-8-13)18-20-11-15(19(24)22(18)21-12)14-9-5-6-10-16(14)23/h2-13,15,29,31H,14H2,1H3;1-13,15,28,30H,14H2;1-8,13,26,29H,9-12,14H2;8-11,14,22,24H,3-7H2,1-2H3;5-6,9-11,13,21,23H,2-4,7-8H2,1H3. The van der Waals surface area contributed by atoms with Gasteiger partial charge >= 0.3 is 0 Å². The summed E-state index contributed by atoms with van der Waals surface area (Å²) in [4.78, 5) is 91.3. The molecule has 0 bridgehead atoms. The molecule has 10 aromatic carbocycles. The molecular formula is C113H103Cl3N16O11. The van der Waals surface area contributed by atoms with Gasteiger partial charge in [-0.1, -0.05) is 249 Å². The number of para-hydroxylation sites is 3. The van der Waals surface area contributed by atoms with Gasteiger partial charge < -0.3 is 30.3 Å². The summed E-state index contributed by atoms with van der Waals surface area (Å²) in [6, 6.07) is 73.5. The molecule has 2 saturated carbocycles. The molecule has 30 heteroatoms. The second kappa shape index (κ2) is 42.3. The highest BCUT2D eigenvalue weighted by molar-refractivity contribution is 6.31. The quantitative estimate of drug-likeness (QED) is 0.0429. The number of hydrogen-bond acceptors (Lipinski definition) is 17. The van der Waals surface area contributed by atoms with Gasteiger partial charge in [-0.2, -0.15) is 0 Å². The number of halogens is 3. The van der Waals surface area contributed by atoms with Crippen molar-refractivity contribution in [1.82, 2.24) is 77.9 Å². The maximum absolute atomic E-state index is 13.4. The number of nitrogens with zero attached hydrogens (tertiary/aromatic N) is 11. The SMILES string of the molecule is Cc1[nH]n2c(=O)c(-c3ccccc3O)cnc2c1C1CCCCC1.Cc1ccc(-c2cnc3c(-c4ccc(Cl)cc4)c(Cc4ccccc4)[nH]n3c2=O)c(O)c1.Cc1ccc(-c2cnc3c(C4CCCCC4)c(C)[nH]n3c2=O)c(O)c1.O=c1c(-c2ccccc2O)cnc2c(-c3ccc(Cl)cc3)c(CN3CCOCC3)[nH]n12.O=c1c(-c2ccccc2O)cnc2c(-c3ccc(Cl)cc3)c(Cc3ccccc3)[nH]n12. The highest BCUT2D eigenvalue weighted by Crippen LogP contribution is 2.42. The van der Waals surface area contributed by atoms with Crippen molar-refractivity contribution >= 4 is 63.0 Å². The Hall–Kier alpha value is -15.9. The number of benzene rings is 10. The van der Waals surface area contributed by atoms with Crippen molar-refractivity contribution in [3.8, 4) is 118 Å². The molecule has 0 unspecified atom stereocenters. The third-order valence-corrected chi connectivity index (χ3v) is 27.6. The fraction of sp³-hybridized carbons (Fsp3) is 0.204. The fourth-order valence-electron chi connectivity index (χ4n) is 19.7. The van der Waals surface area contributed by atoms with E-state index in [0.717, 1.165) is 134 Å². The lowest BCUT2D eigenvalue weighted by Gasteiger charge is -2.26. The van der Waals surface area contributed by atoms with E-state index >= 15 is 0 Å². The molecular weight excluding hydrogens is 1860 g/mol. The Balaban J connectivity index is 0.000000114. The van der Waals surface area contributed by atoms with Crippen LogP contribution in [0.25, 0.3) is 117 Å². The molecule has 143 heavy (non-hydrogen) atoms. The lowest BCUT2D eigenvalue weighted by Crippen LogP contribution is -2.35. The topological polar surface area (TPSA) is 364 Å².